The Kier molecular flexibility index (Phi) is 13.5. The number of rotatable bonds is 12. The van der Waals surface area contributed by atoms with Crippen LogP contribution < -0.4 is 21.7 Å². The SMILES string of the molecule is CC(C)(C)OC(=O)N[C@H]1CN(C(=O)OCc2ccccc2)CC[C@H]2CC[C@@H](C(=O)N[C@@H](CCC(N)=O)C(=O)NC(c3ccccc3)c3ccccc3)N2C1=O. The van der Waals surface area contributed by atoms with E-state index in [1.165, 1.54) is 9.80 Å². The minimum atomic E-state index is -1.28. The summed E-state index contributed by atoms with van der Waals surface area (Å²) in [6, 6.07) is 23.4. The molecule has 0 aromatic heterocycles. The molecular weight excluding hydrogens is 704 g/mol. The number of nitrogens with one attached hydrogen (secondary N) is 3. The summed E-state index contributed by atoms with van der Waals surface area (Å²) in [6.45, 7) is 5.03. The van der Waals surface area contributed by atoms with Crippen LogP contribution in [-0.2, 0) is 35.3 Å². The Morgan fingerprint density at radius 2 is 1.44 bits per heavy atom. The molecule has 0 aliphatic carbocycles. The molecule has 14 heteroatoms. The first-order valence-corrected chi connectivity index (χ1v) is 18.6. The smallest absolute Gasteiger partial charge is 0.410 e. The zero-order valence-corrected chi connectivity index (χ0v) is 31.4. The number of carbonyl (C=O) groups is 6. The number of nitrogens with zero attached hydrogens (tertiary/aromatic N) is 2. The molecule has 0 spiro atoms. The Morgan fingerprint density at radius 1 is 0.836 bits per heavy atom. The van der Waals surface area contributed by atoms with Gasteiger partial charge < -0.3 is 41.0 Å². The normalized spacial score (nSPS) is 19.0. The molecule has 292 valence electrons. The van der Waals surface area contributed by atoms with Crippen molar-refractivity contribution in [2.24, 2.45) is 5.73 Å². The summed E-state index contributed by atoms with van der Waals surface area (Å²) in [7, 11) is 0. The first kappa shape index (κ1) is 40.3. The van der Waals surface area contributed by atoms with Crippen molar-refractivity contribution in [1.29, 1.82) is 0 Å². The predicted octanol–water partition coefficient (Wildman–Crippen LogP) is 3.94. The molecule has 0 radical (unpaired) electrons. The van der Waals surface area contributed by atoms with Gasteiger partial charge in [0.2, 0.25) is 23.6 Å². The van der Waals surface area contributed by atoms with Crippen molar-refractivity contribution in [2.75, 3.05) is 13.1 Å². The van der Waals surface area contributed by atoms with Gasteiger partial charge in [-0.15, -0.1) is 0 Å². The van der Waals surface area contributed by atoms with Crippen molar-refractivity contribution in [3.8, 4) is 0 Å². The molecule has 5 N–H and O–H groups in total. The Morgan fingerprint density at radius 3 is 2.02 bits per heavy atom. The van der Waals surface area contributed by atoms with Crippen molar-refractivity contribution in [3.05, 3.63) is 108 Å². The minimum Gasteiger partial charge on any atom is -0.445 e. The second-order valence-corrected chi connectivity index (χ2v) is 14.8. The number of nitrogens with two attached hydrogens (primary N) is 1. The summed E-state index contributed by atoms with van der Waals surface area (Å²) in [5.74, 6) is -2.35. The molecule has 0 unspecified atom stereocenters. The molecule has 2 heterocycles. The van der Waals surface area contributed by atoms with Gasteiger partial charge in [0, 0.05) is 19.0 Å². The van der Waals surface area contributed by atoms with Gasteiger partial charge in [0.1, 0.15) is 30.3 Å². The highest BCUT2D eigenvalue weighted by atomic mass is 16.6. The van der Waals surface area contributed by atoms with Gasteiger partial charge in [-0.05, 0) is 63.1 Å². The maximum Gasteiger partial charge on any atom is 0.410 e. The number of fused-ring (bicyclic) bond motifs is 1. The molecule has 2 aliphatic rings. The standard InChI is InChI=1S/C41H50N6O8/c1-41(2,3)55-39(52)44-32-25-46(40(53)54-26-27-13-7-4-8-14-27)24-23-30-19-21-33(47(30)38(32)51)37(50)43-31(20-22-34(42)48)36(49)45-35(28-15-9-5-10-16-28)29-17-11-6-12-18-29/h4-18,30-33,35H,19-26H2,1-3H3,(H2,42,48)(H,43,50)(H,44,52)(H,45,49)/t30-,31+,32+,33+/m1/s1. The molecule has 5 rings (SSSR count). The molecule has 6 amide bonds. The van der Waals surface area contributed by atoms with Crippen LogP contribution in [0.3, 0.4) is 0 Å². The molecule has 4 atom stereocenters. The van der Waals surface area contributed by atoms with E-state index < -0.39 is 71.6 Å². The van der Waals surface area contributed by atoms with Crippen LogP contribution in [0, 0.1) is 0 Å². The van der Waals surface area contributed by atoms with E-state index >= 15 is 0 Å². The molecule has 0 bridgehead atoms. The lowest BCUT2D eigenvalue weighted by molar-refractivity contribution is -0.144. The lowest BCUT2D eigenvalue weighted by Gasteiger charge is -2.38. The molecule has 2 saturated heterocycles. The van der Waals surface area contributed by atoms with Gasteiger partial charge in [0.15, 0.2) is 0 Å². The number of hydrogen-bond donors (Lipinski definition) is 4. The topological polar surface area (TPSA) is 189 Å². The molecular formula is C41H50N6O8. The van der Waals surface area contributed by atoms with Gasteiger partial charge in [0.25, 0.3) is 0 Å². The van der Waals surface area contributed by atoms with Gasteiger partial charge in [0.05, 0.1) is 12.6 Å². The molecule has 3 aromatic carbocycles. The van der Waals surface area contributed by atoms with Crippen LogP contribution >= 0.6 is 0 Å². The van der Waals surface area contributed by atoms with Crippen LogP contribution in [0.25, 0.3) is 0 Å². The van der Waals surface area contributed by atoms with Gasteiger partial charge in [-0.1, -0.05) is 91.0 Å². The Balaban J connectivity index is 1.35. The van der Waals surface area contributed by atoms with E-state index in [2.05, 4.69) is 16.0 Å². The molecule has 2 aliphatic heterocycles. The zero-order valence-electron chi connectivity index (χ0n) is 31.4. The highest BCUT2D eigenvalue weighted by Crippen LogP contribution is 2.30. The van der Waals surface area contributed by atoms with Gasteiger partial charge in [-0.25, -0.2) is 9.59 Å². The largest absolute Gasteiger partial charge is 0.445 e. The number of benzene rings is 3. The number of hydrogen-bond acceptors (Lipinski definition) is 8. The van der Waals surface area contributed by atoms with E-state index in [-0.39, 0.29) is 39.0 Å². The van der Waals surface area contributed by atoms with Crippen LogP contribution in [0.1, 0.15) is 75.6 Å². The Labute approximate surface area is 321 Å². The van der Waals surface area contributed by atoms with Crippen LogP contribution in [0.15, 0.2) is 91.0 Å². The zero-order chi connectivity index (χ0) is 39.5. The third kappa shape index (κ3) is 11.3. The van der Waals surface area contributed by atoms with Crippen molar-refractivity contribution < 1.29 is 38.2 Å². The summed E-state index contributed by atoms with van der Waals surface area (Å²) in [4.78, 5) is 83.5. The highest BCUT2D eigenvalue weighted by Gasteiger charge is 2.46. The molecule has 55 heavy (non-hydrogen) atoms. The van der Waals surface area contributed by atoms with Crippen LogP contribution in [0.4, 0.5) is 9.59 Å². The lowest BCUT2D eigenvalue weighted by atomic mass is 9.98. The van der Waals surface area contributed by atoms with Crippen molar-refractivity contribution in [2.45, 2.75) is 95.3 Å². The predicted molar refractivity (Wildman–Crippen MR) is 203 cm³/mol. The average molecular weight is 755 g/mol. The van der Waals surface area contributed by atoms with Crippen LogP contribution in [0.2, 0.25) is 0 Å². The Bertz CT molecular complexity index is 1760. The number of alkyl carbamates (subject to hydrolysis) is 1. The van der Waals surface area contributed by atoms with Crippen molar-refractivity contribution >= 4 is 35.8 Å². The molecule has 14 nitrogen and oxygen atoms in total. The van der Waals surface area contributed by atoms with E-state index in [9.17, 15) is 28.8 Å². The lowest BCUT2D eigenvalue weighted by Crippen LogP contribution is -2.62. The first-order chi connectivity index (χ1) is 26.3. The number of ether oxygens (including phenoxy) is 2. The third-order valence-corrected chi connectivity index (χ3v) is 9.51. The molecule has 3 aromatic rings. The van der Waals surface area contributed by atoms with Crippen LogP contribution in [-0.4, -0.2) is 88.5 Å². The number of carbonyl (C=O) groups excluding carboxylic acids is 6. The highest BCUT2D eigenvalue weighted by molar-refractivity contribution is 5.95. The van der Waals surface area contributed by atoms with E-state index in [4.69, 9.17) is 15.2 Å². The number of amides is 6. The molecule has 2 fully saturated rings. The summed E-state index contributed by atoms with van der Waals surface area (Å²) < 4.78 is 11.0. The summed E-state index contributed by atoms with van der Waals surface area (Å²) in [5.41, 5.74) is 7.01. The van der Waals surface area contributed by atoms with E-state index in [1.54, 1.807) is 20.8 Å². The molecule has 0 saturated carbocycles. The monoisotopic (exact) mass is 754 g/mol. The summed E-state index contributed by atoms with van der Waals surface area (Å²) in [6.07, 6.45) is -0.726. The van der Waals surface area contributed by atoms with Crippen LogP contribution in [0.5, 0.6) is 0 Å². The van der Waals surface area contributed by atoms with Gasteiger partial charge >= 0.3 is 12.2 Å². The minimum absolute atomic E-state index is 0.0218. The fourth-order valence-electron chi connectivity index (χ4n) is 6.88. The summed E-state index contributed by atoms with van der Waals surface area (Å²) in [5, 5.41) is 8.47. The van der Waals surface area contributed by atoms with Crippen molar-refractivity contribution in [1.82, 2.24) is 25.8 Å². The fourth-order valence-corrected chi connectivity index (χ4v) is 6.88. The fraction of sp³-hybridized carbons (Fsp3) is 0.415. The third-order valence-electron chi connectivity index (χ3n) is 9.51. The van der Waals surface area contributed by atoms with E-state index in [1.807, 2.05) is 91.0 Å². The van der Waals surface area contributed by atoms with Gasteiger partial charge in [-0.3, -0.25) is 19.2 Å². The second kappa shape index (κ2) is 18.4. The van der Waals surface area contributed by atoms with Gasteiger partial charge in [-0.2, -0.15) is 0 Å². The van der Waals surface area contributed by atoms with E-state index in [0.29, 0.717) is 12.8 Å². The Hall–Kier alpha value is -5.92. The summed E-state index contributed by atoms with van der Waals surface area (Å²) >= 11 is 0. The quantitative estimate of drug-likeness (QED) is 0.214. The maximum absolute atomic E-state index is 14.4. The average Bonchev–Trinajstić information content (AvgIpc) is 3.58. The van der Waals surface area contributed by atoms with E-state index in [0.717, 1.165) is 16.7 Å². The number of primary amides is 1. The second-order valence-electron chi connectivity index (χ2n) is 14.8. The maximum atomic E-state index is 14.4. The first-order valence-electron chi connectivity index (χ1n) is 18.6. The van der Waals surface area contributed by atoms with Crippen molar-refractivity contribution in [3.63, 3.8) is 0 Å².